The molecular weight excluding hydrogens is 360 g/mol. The number of Topliss-reactive ketones (excluding diaryl/α,β-unsaturated/α-hetero) is 1. The SMILES string of the molecule is COc1ccc(-c2nnc(S[C@@H](C)C(=O)c3cccc(Cl)c3)o2)cc1. The topological polar surface area (TPSA) is 65.2 Å². The van der Waals surface area contributed by atoms with Crippen LogP contribution in [0.15, 0.2) is 58.2 Å². The van der Waals surface area contributed by atoms with Gasteiger partial charge in [-0.2, -0.15) is 0 Å². The Morgan fingerprint density at radius 2 is 1.96 bits per heavy atom. The van der Waals surface area contributed by atoms with Gasteiger partial charge in [0, 0.05) is 16.1 Å². The molecule has 0 radical (unpaired) electrons. The molecule has 0 aliphatic carbocycles. The van der Waals surface area contributed by atoms with Crippen molar-refractivity contribution in [3.63, 3.8) is 0 Å². The summed E-state index contributed by atoms with van der Waals surface area (Å²) < 4.78 is 10.8. The Bertz CT molecular complexity index is 880. The van der Waals surface area contributed by atoms with E-state index >= 15 is 0 Å². The van der Waals surface area contributed by atoms with E-state index in [9.17, 15) is 4.79 Å². The van der Waals surface area contributed by atoms with Crippen LogP contribution >= 0.6 is 23.4 Å². The first-order chi connectivity index (χ1) is 12.1. The van der Waals surface area contributed by atoms with Crippen LogP contribution in [0.4, 0.5) is 0 Å². The molecule has 3 rings (SSSR count). The van der Waals surface area contributed by atoms with Crippen LogP contribution in [-0.2, 0) is 0 Å². The van der Waals surface area contributed by atoms with E-state index in [0.717, 1.165) is 11.3 Å². The van der Waals surface area contributed by atoms with Crippen molar-refractivity contribution in [1.82, 2.24) is 10.2 Å². The van der Waals surface area contributed by atoms with Gasteiger partial charge < -0.3 is 9.15 Å². The average molecular weight is 375 g/mol. The van der Waals surface area contributed by atoms with Gasteiger partial charge in [-0.05, 0) is 43.3 Å². The second kappa shape index (κ2) is 7.72. The van der Waals surface area contributed by atoms with Crippen molar-refractivity contribution in [3.05, 3.63) is 59.1 Å². The maximum absolute atomic E-state index is 12.5. The minimum absolute atomic E-state index is 0.0447. The number of rotatable bonds is 6. The van der Waals surface area contributed by atoms with E-state index in [2.05, 4.69) is 10.2 Å². The number of aromatic nitrogens is 2. The van der Waals surface area contributed by atoms with E-state index in [1.54, 1.807) is 38.3 Å². The molecule has 0 aliphatic rings. The Kier molecular flexibility index (Phi) is 5.40. The predicted octanol–water partition coefficient (Wildman–Crippen LogP) is 4.76. The van der Waals surface area contributed by atoms with Gasteiger partial charge in [0.25, 0.3) is 5.22 Å². The van der Waals surface area contributed by atoms with Gasteiger partial charge in [-0.25, -0.2) is 0 Å². The van der Waals surface area contributed by atoms with Gasteiger partial charge in [-0.15, -0.1) is 10.2 Å². The van der Waals surface area contributed by atoms with Crippen molar-refractivity contribution in [2.24, 2.45) is 0 Å². The van der Waals surface area contributed by atoms with E-state index in [4.69, 9.17) is 20.8 Å². The normalized spacial score (nSPS) is 12.0. The van der Waals surface area contributed by atoms with Crippen LogP contribution in [0, 0.1) is 0 Å². The third kappa shape index (κ3) is 4.21. The van der Waals surface area contributed by atoms with E-state index in [0.29, 0.717) is 21.7 Å². The van der Waals surface area contributed by atoms with Gasteiger partial charge in [0.05, 0.1) is 12.4 Å². The summed E-state index contributed by atoms with van der Waals surface area (Å²) in [5, 5.41) is 8.54. The number of ketones is 1. The lowest BCUT2D eigenvalue weighted by Gasteiger charge is -2.07. The molecule has 0 aliphatic heterocycles. The summed E-state index contributed by atoms with van der Waals surface area (Å²) in [5.74, 6) is 1.10. The molecule has 0 unspecified atom stereocenters. The monoisotopic (exact) mass is 374 g/mol. The second-order valence-corrected chi connectivity index (χ2v) is 6.96. The predicted molar refractivity (Wildman–Crippen MR) is 97.4 cm³/mol. The number of hydrogen-bond donors (Lipinski definition) is 0. The Morgan fingerprint density at radius 3 is 2.64 bits per heavy atom. The first kappa shape index (κ1) is 17.5. The molecule has 25 heavy (non-hydrogen) atoms. The maximum atomic E-state index is 12.5. The summed E-state index contributed by atoms with van der Waals surface area (Å²) in [6.07, 6.45) is 0. The van der Waals surface area contributed by atoms with E-state index in [1.807, 2.05) is 24.3 Å². The van der Waals surface area contributed by atoms with E-state index in [1.165, 1.54) is 11.8 Å². The minimum Gasteiger partial charge on any atom is -0.497 e. The zero-order chi connectivity index (χ0) is 17.8. The second-order valence-electron chi connectivity index (χ2n) is 5.24. The molecular formula is C18H15ClN2O3S. The molecule has 3 aromatic rings. The standard InChI is InChI=1S/C18H15ClN2O3S/c1-11(16(22)13-4-3-5-14(19)10-13)25-18-21-20-17(24-18)12-6-8-15(23-2)9-7-12/h3-11H,1-2H3/t11-/m0/s1. The molecule has 1 atom stereocenters. The number of nitrogens with zero attached hydrogens (tertiary/aromatic N) is 2. The molecule has 128 valence electrons. The number of halogens is 1. The Balaban J connectivity index is 1.71. The molecule has 5 nitrogen and oxygen atoms in total. The fourth-order valence-electron chi connectivity index (χ4n) is 2.19. The number of carbonyl (C=O) groups excluding carboxylic acids is 1. The molecule has 0 saturated heterocycles. The molecule has 0 amide bonds. The highest BCUT2D eigenvalue weighted by Gasteiger charge is 2.20. The van der Waals surface area contributed by atoms with Crippen molar-refractivity contribution >= 4 is 29.1 Å². The summed E-state index contributed by atoms with van der Waals surface area (Å²) in [6, 6.07) is 14.2. The van der Waals surface area contributed by atoms with Gasteiger partial charge in [-0.3, -0.25) is 4.79 Å². The largest absolute Gasteiger partial charge is 0.497 e. The third-order valence-electron chi connectivity index (χ3n) is 3.50. The van der Waals surface area contributed by atoms with Crippen LogP contribution in [0.3, 0.4) is 0 Å². The molecule has 0 spiro atoms. The van der Waals surface area contributed by atoms with Crippen molar-refractivity contribution in [2.75, 3.05) is 7.11 Å². The third-order valence-corrected chi connectivity index (χ3v) is 4.67. The number of hydrogen-bond acceptors (Lipinski definition) is 6. The fourth-order valence-corrected chi connectivity index (χ4v) is 3.14. The molecule has 0 bridgehead atoms. The maximum Gasteiger partial charge on any atom is 0.277 e. The van der Waals surface area contributed by atoms with Crippen molar-refractivity contribution in [2.45, 2.75) is 17.4 Å². The number of benzene rings is 2. The molecule has 0 N–H and O–H groups in total. The van der Waals surface area contributed by atoms with Crippen molar-refractivity contribution in [1.29, 1.82) is 0 Å². The van der Waals surface area contributed by atoms with Crippen LogP contribution in [0.5, 0.6) is 5.75 Å². The summed E-state index contributed by atoms with van der Waals surface area (Å²) in [4.78, 5) is 12.5. The highest BCUT2D eigenvalue weighted by Crippen LogP contribution is 2.28. The smallest absolute Gasteiger partial charge is 0.277 e. The van der Waals surface area contributed by atoms with Crippen molar-refractivity contribution < 1.29 is 13.9 Å². The molecule has 0 saturated carbocycles. The summed E-state index contributed by atoms with van der Waals surface area (Å²) in [7, 11) is 1.61. The Morgan fingerprint density at radius 1 is 1.20 bits per heavy atom. The quantitative estimate of drug-likeness (QED) is 0.457. The van der Waals surface area contributed by atoms with Gasteiger partial charge >= 0.3 is 0 Å². The highest BCUT2D eigenvalue weighted by molar-refractivity contribution is 8.00. The van der Waals surface area contributed by atoms with Crippen LogP contribution in [0.2, 0.25) is 5.02 Å². The lowest BCUT2D eigenvalue weighted by atomic mass is 10.1. The average Bonchev–Trinajstić information content (AvgIpc) is 3.09. The lowest BCUT2D eigenvalue weighted by Crippen LogP contribution is -2.13. The zero-order valence-corrected chi connectivity index (χ0v) is 15.2. The van der Waals surface area contributed by atoms with Crippen LogP contribution < -0.4 is 4.74 Å². The zero-order valence-electron chi connectivity index (χ0n) is 13.6. The highest BCUT2D eigenvalue weighted by atomic mass is 35.5. The molecule has 7 heteroatoms. The van der Waals surface area contributed by atoms with Gasteiger partial charge in [0.2, 0.25) is 5.89 Å². The lowest BCUT2D eigenvalue weighted by molar-refractivity contribution is 0.0993. The van der Waals surface area contributed by atoms with Gasteiger partial charge in [0.1, 0.15) is 5.75 Å². The molecule has 1 aromatic heterocycles. The molecule has 2 aromatic carbocycles. The van der Waals surface area contributed by atoms with Gasteiger partial charge in [-0.1, -0.05) is 35.5 Å². The first-order valence-electron chi connectivity index (χ1n) is 7.51. The minimum atomic E-state index is -0.373. The summed E-state index contributed by atoms with van der Waals surface area (Å²) >= 11 is 7.16. The fraction of sp³-hybridized carbons (Fsp3) is 0.167. The van der Waals surface area contributed by atoms with Crippen LogP contribution in [-0.4, -0.2) is 28.3 Å². The Hall–Kier alpha value is -2.31. The van der Waals surface area contributed by atoms with Crippen molar-refractivity contribution in [3.8, 4) is 17.2 Å². The molecule has 0 fully saturated rings. The van der Waals surface area contributed by atoms with Gasteiger partial charge in [0.15, 0.2) is 5.78 Å². The number of carbonyl (C=O) groups is 1. The number of methoxy groups -OCH3 is 1. The first-order valence-corrected chi connectivity index (χ1v) is 8.77. The molecule has 1 heterocycles. The summed E-state index contributed by atoms with van der Waals surface area (Å²) in [5.41, 5.74) is 1.34. The van der Waals surface area contributed by atoms with Crippen LogP contribution in [0.1, 0.15) is 17.3 Å². The van der Waals surface area contributed by atoms with E-state index < -0.39 is 0 Å². The van der Waals surface area contributed by atoms with Crippen LogP contribution in [0.25, 0.3) is 11.5 Å². The number of thioether (sulfide) groups is 1. The Labute approximate surface area is 154 Å². The van der Waals surface area contributed by atoms with E-state index in [-0.39, 0.29) is 11.0 Å². The number of ether oxygens (including phenoxy) is 1. The summed E-state index contributed by atoms with van der Waals surface area (Å²) in [6.45, 7) is 1.80.